The standard InChI is InChI=1S/C16H18N2O/c19-10-1-2-11-12-3-4-18-8-9-5-13(15(18)6-9)16(12)17-14(11)7-10/h1-2,7,9,13,15,17,19H,3-6,8H2/t9-,13+,15-/m0/s1. The number of piperidine rings is 1. The van der Waals surface area contributed by atoms with E-state index < -0.39 is 0 Å². The number of rotatable bonds is 0. The second kappa shape index (κ2) is 3.34. The average Bonchev–Trinajstić information content (AvgIpc) is 3.05. The molecule has 1 saturated heterocycles. The number of hydrogen-bond donors (Lipinski definition) is 2. The summed E-state index contributed by atoms with van der Waals surface area (Å²) in [5.41, 5.74) is 4.09. The summed E-state index contributed by atoms with van der Waals surface area (Å²) in [7, 11) is 0. The van der Waals surface area contributed by atoms with Crippen molar-refractivity contribution in [2.45, 2.75) is 31.2 Å². The number of phenolic OH excluding ortho intramolecular Hbond substituents is 1. The minimum atomic E-state index is 0.360. The Kier molecular flexibility index (Phi) is 1.81. The third-order valence-corrected chi connectivity index (χ3v) is 5.53. The molecule has 98 valence electrons. The number of aromatic hydroxyl groups is 1. The molecular weight excluding hydrogens is 236 g/mol. The molecular formula is C16H18N2O. The molecule has 0 unspecified atom stereocenters. The van der Waals surface area contributed by atoms with Crippen LogP contribution in [-0.4, -0.2) is 34.1 Å². The van der Waals surface area contributed by atoms with E-state index in [4.69, 9.17) is 0 Å². The van der Waals surface area contributed by atoms with Crippen LogP contribution in [0.4, 0.5) is 0 Å². The Morgan fingerprint density at radius 1 is 1.26 bits per heavy atom. The molecule has 2 N–H and O–H groups in total. The highest BCUT2D eigenvalue weighted by molar-refractivity contribution is 5.86. The quantitative estimate of drug-likeness (QED) is 0.758. The van der Waals surface area contributed by atoms with Crippen LogP contribution in [-0.2, 0) is 6.42 Å². The summed E-state index contributed by atoms with van der Waals surface area (Å²) in [6, 6.07) is 6.53. The fourth-order valence-corrected chi connectivity index (χ4v) is 4.81. The first kappa shape index (κ1) is 10.3. The molecule has 19 heavy (non-hydrogen) atoms. The zero-order valence-corrected chi connectivity index (χ0v) is 10.9. The van der Waals surface area contributed by atoms with Gasteiger partial charge in [-0.3, -0.25) is 4.90 Å². The van der Waals surface area contributed by atoms with Crippen LogP contribution < -0.4 is 0 Å². The summed E-state index contributed by atoms with van der Waals surface area (Å²) < 4.78 is 0. The van der Waals surface area contributed by atoms with Crippen molar-refractivity contribution in [3.8, 4) is 5.75 Å². The predicted octanol–water partition coefficient (Wildman–Crippen LogP) is 2.61. The molecule has 0 amide bonds. The Morgan fingerprint density at radius 3 is 3.11 bits per heavy atom. The van der Waals surface area contributed by atoms with Gasteiger partial charge >= 0.3 is 0 Å². The molecule has 1 aromatic heterocycles. The van der Waals surface area contributed by atoms with Gasteiger partial charge < -0.3 is 10.1 Å². The van der Waals surface area contributed by atoms with Gasteiger partial charge in [-0.25, -0.2) is 0 Å². The van der Waals surface area contributed by atoms with Crippen LogP contribution in [0.3, 0.4) is 0 Å². The maximum Gasteiger partial charge on any atom is 0.117 e. The Hall–Kier alpha value is -1.48. The van der Waals surface area contributed by atoms with Crippen molar-refractivity contribution in [1.29, 1.82) is 0 Å². The van der Waals surface area contributed by atoms with Gasteiger partial charge in [0.05, 0.1) is 0 Å². The third-order valence-electron chi connectivity index (χ3n) is 5.53. The van der Waals surface area contributed by atoms with Gasteiger partial charge in [-0.05, 0) is 42.9 Å². The maximum atomic E-state index is 9.66. The third kappa shape index (κ3) is 1.26. The van der Waals surface area contributed by atoms with Gasteiger partial charge in [0.2, 0.25) is 0 Å². The molecule has 5 rings (SSSR count). The Balaban J connectivity index is 1.74. The first-order valence-corrected chi connectivity index (χ1v) is 7.37. The van der Waals surface area contributed by atoms with Gasteiger partial charge in [0, 0.05) is 47.7 Å². The van der Waals surface area contributed by atoms with E-state index in [9.17, 15) is 5.11 Å². The van der Waals surface area contributed by atoms with Gasteiger partial charge in [-0.1, -0.05) is 0 Å². The second-order valence-electron chi connectivity index (χ2n) is 6.50. The van der Waals surface area contributed by atoms with Gasteiger partial charge in [-0.15, -0.1) is 0 Å². The second-order valence-corrected chi connectivity index (χ2v) is 6.50. The maximum absolute atomic E-state index is 9.66. The molecule has 1 aliphatic carbocycles. The van der Waals surface area contributed by atoms with Gasteiger partial charge in [0.15, 0.2) is 0 Å². The van der Waals surface area contributed by atoms with Crippen molar-refractivity contribution in [3.63, 3.8) is 0 Å². The summed E-state index contributed by atoms with van der Waals surface area (Å²) in [5.74, 6) is 1.98. The van der Waals surface area contributed by atoms with E-state index in [1.165, 1.54) is 42.6 Å². The highest BCUT2D eigenvalue weighted by Crippen LogP contribution is 2.50. The van der Waals surface area contributed by atoms with Gasteiger partial charge in [-0.2, -0.15) is 0 Å². The number of aromatic nitrogens is 1. The van der Waals surface area contributed by atoms with Crippen LogP contribution in [0.25, 0.3) is 10.9 Å². The lowest BCUT2D eigenvalue weighted by atomic mass is 9.93. The van der Waals surface area contributed by atoms with Gasteiger partial charge in [0.1, 0.15) is 5.75 Å². The van der Waals surface area contributed by atoms with Crippen molar-refractivity contribution < 1.29 is 5.11 Å². The minimum absolute atomic E-state index is 0.360. The highest BCUT2D eigenvalue weighted by Gasteiger charge is 2.47. The number of aromatic amines is 1. The van der Waals surface area contributed by atoms with Crippen molar-refractivity contribution in [3.05, 3.63) is 29.5 Å². The molecule has 3 atom stereocenters. The van der Waals surface area contributed by atoms with Crippen molar-refractivity contribution in [2.75, 3.05) is 13.1 Å². The van der Waals surface area contributed by atoms with Crippen molar-refractivity contribution in [2.24, 2.45) is 5.92 Å². The lowest BCUT2D eigenvalue weighted by molar-refractivity contribution is 0.201. The number of H-pyrrole nitrogens is 1. The van der Waals surface area contributed by atoms with Crippen molar-refractivity contribution >= 4 is 10.9 Å². The molecule has 3 nitrogen and oxygen atoms in total. The zero-order valence-electron chi connectivity index (χ0n) is 10.9. The molecule has 0 spiro atoms. The van der Waals surface area contributed by atoms with E-state index in [1.807, 2.05) is 12.1 Å². The Bertz CT molecular complexity index is 675. The fraction of sp³-hybridized carbons (Fsp3) is 0.500. The fourth-order valence-electron chi connectivity index (χ4n) is 4.81. The summed E-state index contributed by atoms with van der Waals surface area (Å²) in [6.07, 6.45) is 3.90. The lowest BCUT2D eigenvalue weighted by Crippen LogP contribution is -2.36. The number of fused-ring (bicyclic) bond motifs is 5. The number of hydrogen-bond acceptors (Lipinski definition) is 2. The molecule has 3 heterocycles. The van der Waals surface area contributed by atoms with Gasteiger partial charge in [0.25, 0.3) is 0 Å². The van der Waals surface area contributed by atoms with E-state index in [1.54, 1.807) is 0 Å². The van der Waals surface area contributed by atoms with E-state index in [0.29, 0.717) is 11.7 Å². The van der Waals surface area contributed by atoms with Crippen LogP contribution >= 0.6 is 0 Å². The van der Waals surface area contributed by atoms with Crippen LogP contribution in [0.2, 0.25) is 0 Å². The topological polar surface area (TPSA) is 39.3 Å². The van der Waals surface area contributed by atoms with Crippen molar-refractivity contribution in [1.82, 2.24) is 9.88 Å². The van der Waals surface area contributed by atoms with Crippen LogP contribution in [0.1, 0.15) is 30.0 Å². The smallest absolute Gasteiger partial charge is 0.117 e. The summed E-state index contributed by atoms with van der Waals surface area (Å²) in [6.45, 7) is 2.53. The number of phenols is 1. The molecule has 2 aromatic rings. The molecule has 2 fully saturated rings. The van der Waals surface area contributed by atoms with E-state index >= 15 is 0 Å². The van der Waals surface area contributed by atoms with Crippen LogP contribution in [0, 0.1) is 5.92 Å². The number of nitrogens with zero attached hydrogens (tertiary/aromatic N) is 1. The lowest BCUT2D eigenvalue weighted by Gasteiger charge is -2.30. The van der Waals surface area contributed by atoms with E-state index in [2.05, 4.69) is 16.0 Å². The predicted molar refractivity (Wildman–Crippen MR) is 74.5 cm³/mol. The molecule has 1 aromatic carbocycles. The normalized spacial score (nSPS) is 32.7. The highest BCUT2D eigenvalue weighted by atomic mass is 16.3. The molecule has 2 aliphatic heterocycles. The number of benzene rings is 1. The first-order chi connectivity index (χ1) is 9.29. The molecule has 2 bridgehead atoms. The summed E-state index contributed by atoms with van der Waals surface area (Å²) >= 11 is 0. The molecule has 1 saturated carbocycles. The SMILES string of the molecule is Oc1ccc2c3c([nH]c2c1)[C@@H]1C[C@H]2C[C@@H]1N(CC3)C2. The molecule has 0 radical (unpaired) electrons. The first-order valence-electron chi connectivity index (χ1n) is 7.37. The summed E-state index contributed by atoms with van der Waals surface area (Å²) in [5, 5.41) is 11.0. The average molecular weight is 254 g/mol. The Labute approximate surface area is 112 Å². The molecule has 3 aliphatic rings. The minimum Gasteiger partial charge on any atom is -0.508 e. The van der Waals surface area contributed by atoms with E-state index in [-0.39, 0.29) is 0 Å². The largest absolute Gasteiger partial charge is 0.508 e. The van der Waals surface area contributed by atoms with E-state index in [0.717, 1.165) is 23.9 Å². The summed E-state index contributed by atoms with van der Waals surface area (Å²) in [4.78, 5) is 6.33. The molecule has 3 heteroatoms. The Morgan fingerprint density at radius 2 is 2.21 bits per heavy atom. The monoisotopic (exact) mass is 254 g/mol. The van der Waals surface area contributed by atoms with Crippen LogP contribution in [0.15, 0.2) is 18.2 Å². The van der Waals surface area contributed by atoms with Crippen LogP contribution in [0.5, 0.6) is 5.75 Å². The number of nitrogens with one attached hydrogen (secondary N) is 1. The zero-order chi connectivity index (χ0) is 12.6.